The number of carboxylic acids is 1. The second-order valence-electron chi connectivity index (χ2n) is 7.47. The van der Waals surface area contributed by atoms with E-state index < -0.39 is 11.9 Å². The fourth-order valence-electron chi connectivity index (χ4n) is 3.52. The number of carbonyl (C=O) groups is 2. The molecule has 3 N–H and O–H groups in total. The molecule has 0 aliphatic carbocycles. The molecule has 0 radical (unpaired) electrons. The zero-order valence-electron chi connectivity index (χ0n) is 17.6. The van der Waals surface area contributed by atoms with Gasteiger partial charge in [0.15, 0.2) is 6.73 Å². The van der Waals surface area contributed by atoms with Crippen LogP contribution in [0.15, 0.2) is 36.5 Å². The maximum absolute atomic E-state index is 13.2. The molecule has 0 saturated heterocycles. The van der Waals surface area contributed by atoms with Crippen molar-refractivity contribution in [2.45, 2.75) is 19.9 Å². The number of nitrogens with one attached hydrogen (secondary N) is 2. The maximum Gasteiger partial charge on any atom is 0.306 e. The van der Waals surface area contributed by atoms with E-state index in [0.29, 0.717) is 23.3 Å². The Bertz CT molecular complexity index is 1080. The van der Waals surface area contributed by atoms with Crippen LogP contribution in [-0.2, 0) is 17.8 Å². The molecule has 1 aliphatic rings. The Labute approximate surface area is 196 Å². The molecule has 0 aromatic heterocycles. The molecule has 1 heterocycles. The molecule has 0 spiro atoms. The first kappa shape index (κ1) is 23.6. The standard InChI is InChI=1S/C23H23Cl2N3O4/c1-13(23(30)31)6-14-4-3-5-15-11-28(12-32-21(14)15)22(29)20-18(24)7-16(8-19(20)25)17(9-26)10-27-2/h3-5,7-10,13,26-27H,6,11-12H2,1-2H3,(H,30,31)/b17-10+,26-9?/t13-/m0/s1. The van der Waals surface area contributed by atoms with Crippen molar-refractivity contribution in [1.82, 2.24) is 10.2 Å². The predicted octanol–water partition coefficient (Wildman–Crippen LogP) is 4.46. The van der Waals surface area contributed by atoms with Crippen molar-refractivity contribution in [3.05, 3.63) is 68.8 Å². The SMILES string of the molecule is CN/C=C(\C=N)c1cc(Cl)c(C(=O)N2COc3c(C[C@H](C)C(=O)O)cccc3C2)c(Cl)c1. The minimum Gasteiger partial charge on any atom is -0.481 e. The van der Waals surface area contributed by atoms with Gasteiger partial charge >= 0.3 is 5.97 Å². The molecule has 3 rings (SSSR count). The van der Waals surface area contributed by atoms with Crippen LogP contribution in [0.3, 0.4) is 0 Å². The number of nitrogens with zero attached hydrogens (tertiary/aromatic N) is 1. The highest BCUT2D eigenvalue weighted by atomic mass is 35.5. The van der Waals surface area contributed by atoms with Crippen LogP contribution in [0.5, 0.6) is 5.75 Å². The van der Waals surface area contributed by atoms with E-state index in [-0.39, 0.29) is 34.8 Å². The summed E-state index contributed by atoms with van der Waals surface area (Å²) in [6.45, 7) is 1.91. The summed E-state index contributed by atoms with van der Waals surface area (Å²) in [7, 11) is 1.71. The largest absolute Gasteiger partial charge is 0.481 e. The van der Waals surface area contributed by atoms with Gasteiger partial charge in [0.05, 0.1) is 28.1 Å². The van der Waals surface area contributed by atoms with Gasteiger partial charge in [-0.3, -0.25) is 9.59 Å². The van der Waals surface area contributed by atoms with Crippen molar-refractivity contribution in [2.24, 2.45) is 5.92 Å². The molecular formula is C23H23Cl2N3O4. The van der Waals surface area contributed by atoms with Crippen molar-refractivity contribution < 1.29 is 19.4 Å². The van der Waals surface area contributed by atoms with Gasteiger partial charge in [-0.15, -0.1) is 0 Å². The van der Waals surface area contributed by atoms with Crippen LogP contribution in [0.2, 0.25) is 10.0 Å². The minimum atomic E-state index is -0.876. The number of fused-ring (bicyclic) bond motifs is 1. The van der Waals surface area contributed by atoms with Crippen LogP contribution in [0.4, 0.5) is 0 Å². The molecule has 0 saturated carbocycles. The molecule has 1 amide bonds. The molecular weight excluding hydrogens is 453 g/mol. The van der Waals surface area contributed by atoms with E-state index in [1.165, 1.54) is 4.90 Å². The van der Waals surface area contributed by atoms with Gasteiger partial charge in [-0.05, 0) is 29.7 Å². The summed E-state index contributed by atoms with van der Waals surface area (Å²) >= 11 is 12.8. The third-order valence-electron chi connectivity index (χ3n) is 5.18. The summed E-state index contributed by atoms with van der Waals surface area (Å²) < 4.78 is 5.86. The number of carbonyl (C=O) groups excluding carboxylic acids is 1. The monoisotopic (exact) mass is 475 g/mol. The van der Waals surface area contributed by atoms with E-state index in [4.69, 9.17) is 33.3 Å². The van der Waals surface area contributed by atoms with Crippen molar-refractivity contribution in [3.63, 3.8) is 0 Å². The molecule has 0 unspecified atom stereocenters. The second kappa shape index (κ2) is 10.1. The highest BCUT2D eigenvalue weighted by Crippen LogP contribution is 2.34. The smallest absolute Gasteiger partial charge is 0.306 e. The number of ether oxygens (including phenoxy) is 1. The first-order chi connectivity index (χ1) is 15.3. The lowest BCUT2D eigenvalue weighted by Crippen LogP contribution is -2.37. The van der Waals surface area contributed by atoms with Gasteiger partial charge in [0.25, 0.3) is 5.91 Å². The molecule has 32 heavy (non-hydrogen) atoms. The van der Waals surface area contributed by atoms with Crippen LogP contribution in [0, 0.1) is 11.3 Å². The summed E-state index contributed by atoms with van der Waals surface area (Å²) in [5, 5.41) is 20.0. The lowest BCUT2D eigenvalue weighted by molar-refractivity contribution is -0.141. The van der Waals surface area contributed by atoms with Gasteiger partial charge < -0.3 is 25.5 Å². The number of hydrogen-bond donors (Lipinski definition) is 3. The molecule has 7 nitrogen and oxygen atoms in total. The van der Waals surface area contributed by atoms with Crippen LogP contribution < -0.4 is 10.1 Å². The maximum atomic E-state index is 13.2. The average Bonchev–Trinajstić information content (AvgIpc) is 2.76. The molecule has 2 aromatic rings. The quantitative estimate of drug-likeness (QED) is 0.513. The number of benzene rings is 2. The number of para-hydroxylation sites is 1. The molecule has 1 aliphatic heterocycles. The van der Waals surface area contributed by atoms with Gasteiger partial charge in [0.1, 0.15) is 5.75 Å². The fraction of sp³-hybridized carbons (Fsp3) is 0.261. The van der Waals surface area contributed by atoms with Crippen molar-refractivity contribution in [3.8, 4) is 5.75 Å². The van der Waals surface area contributed by atoms with Crippen LogP contribution in [0.1, 0.15) is 34.0 Å². The molecule has 168 valence electrons. The summed E-state index contributed by atoms with van der Waals surface area (Å²) in [6.07, 6.45) is 3.13. The number of amides is 1. The lowest BCUT2D eigenvalue weighted by atomic mass is 9.97. The van der Waals surface area contributed by atoms with Crippen molar-refractivity contribution in [1.29, 1.82) is 5.41 Å². The fourth-order valence-corrected chi connectivity index (χ4v) is 4.16. The van der Waals surface area contributed by atoms with E-state index >= 15 is 0 Å². The Kier molecular flexibility index (Phi) is 7.43. The Morgan fingerprint density at radius 1 is 1.31 bits per heavy atom. The van der Waals surface area contributed by atoms with Crippen LogP contribution >= 0.6 is 23.2 Å². The topological polar surface area (TPSA) is 103 Å². The van der Waals surface area contributed by atoms with Gasteiger partial charge in [-0.1, -0.05) is 48.3 Å². The number of halogens is 2. The van der Waals surface area contributed by atoms with E-state index in [1.807, 2.05) is 18.2 Å². The first-order valence-corrected chi connectivity index (χ1v) is 10.6. The Morgan fingerprint density at radius 2 is 2.00 bits per heavy atom. The van der Waals surface area contributed by atoms with Crippen LogP contribution in [0.25, 0.3) is 5.57 Å². The van der Waals surface area contributed by atoms with Crippen LogP contribution in [-0.4, -0.2) is 41.9 Å². The molecule has 1 atom stereocenters. The van der Waals surface area contributed by atoms with Crippen molar-refractivity contribution in [2.75, 3.05) is 13.8 Å². The van der Waals surface area contributed by atoms with Gasteiger partial charge in [-0.25, -0.2) is 0 Å². The zero-order valence-corrected chi connectivity index (χ0v) is 19.1. The molecule has 2 aromatic carbocycles. The zero-order chi connectivity index (χ0) is 23.4. The normalized spacial score (nSPS) is 14.2. The third-order valence-corrected chi connectivity index (χ3v) is 5.78. The van der Waals surface area contributed by atoms with Gasteiger partial charge in [0.2, 0.25) is 0 Å². The van der Waals surface area contributed by atoms with Gasteiger partial charge in [-0.2, -0.15) is 0 Å². The summed E-state index contributed by atoms with van der Waals surface area (Å²) in [5.41, 5.74) is 2.91. The average molecular weight is 476 g/mol. The highest BCUT2D eigenvalue weighted by Gasteiger charge is 2.28. The number of hydrogen-bond acceptors (Lipinski definition) is 5. The highest BCUT2D eigenvalue weighted by molar-refractivity contribution is 6.40. The predicted molar refractivity (Wildman–Crippen MR) is 125 cm³/mol. The molecule has 9 heteroatoms. The van der Waals surface area contributed by atoms with E-state index in [9.17, 15) is 14.7 Å². The van der Waals surface area contributed by atoms with Gasteiger partial charge in [0, 0.05) is 30.6 Å². The number of carboxylic acid groups (broad SMARTS) is 1. The third kappa shape index (κ3) is 4.89. The minimum absolute atomic E-state index is 0.00981. The summed E-state index contributed by atoms with van der Waals surface area (Å²) in [5.74, 6) is -1.19. The number of rotatable bonds is 7. The van der Waals surface area contributed by atoms with E-state index in [0.717, 1.165) is 17.3 Å². The molecule has 0 bridgehead atoms. The first-order valence-electron chi connectivity index (χ1n) is 9.89. The Balaban J connectivity index is 1.86. The Morgan fingerprint density at radius 3 is 2.59 bits per heavy atom. The summed E-state index contributed by atoms with van der Waals surface area (Å²) in [6, 6.07) is 8.69. The summed E-state index contributed by atoms with van der Waals surface area (Å²) in [4.78, 5) is 25.9. The van der Waals surface area contributed by atoms with Crippen molar-refractivity contribution >= 4 is 46.9 Å². The molecule has 0 fully saturated rings. The Hall–Kier alpha value is -3.03. The second-order valence-corrected chi connectivity index (χ2v) is 8.29. The van der Waals surface area contributed by atoms with E-state index in [2.05, 4.69) is 5.32 Å². The number of allylic oxidation sites excluding steroid dienone is 1. The lowest BCUT2D eigenvalue weighted by Gasteiger charge is -2.31. The van der Waals surface area contributed by atoms with E-state index in [1.54, 1.807) is 32.3 Å². The number of aliphatic carboxylic acids is 1.